The molecule has 1 fully saturated rings. The highest BCUT2D eigenvalue weighted by Gasteiger charge is 2.27. The smallest absolute Gasteiger partial charge is 0.286 e. The van der Waals surface area contributed by atoms with Crippen LogP contribution in [0.1, 0.15) is 32.3 Å². The highest BCUT2D eigenvalue weighted by molar-refractivity contribution is 8.18. The second-order valence-corrected chi connectivity index (χ2v) is 6.58. The standard InChI is InChI=1S/C18H22N2O3S/c1-3-22-14-8-7-13(15(12-14)23-4-2)11-16-17(21)19-18(24-16)20-9-5-6-10-20/h7-8,11-12H,3-6,9-10H2,1-2H3/b16-11-. The molecule has 2 aliphatic rings. The average Bonchev–Trinajstić information content (AvgIpc) is 3.21. The zero-order valence-corrected chi connectivity index (χ0v) is 14.9. The quantitative estimate of drug-likeness (QED) is 0.763. The number of amidine groups is 1. The number of hydrogen-bond donors (Lipinski definition) is 0. The van der Waals surface area contributed by atoms with E-state index in [2.05, 4.69) is 9.89 Å². The second kappa shape index (κ2) is 7.75. The van der Waals surface area contributed by atoms with E-state index in [4.69, 9.17) is 9.47 Å². The lowest BCUT2D eigenvalue weighted by Crippen LogP contribution is -2.23. The van der Waals surface area contributed by atoms with Gasteiger partial charge in [0, 0.05) is 24.7 Å². The van der Waals surface area contributed by atoms with Crippen LogP contribution in [0.25, 0.3) is 6.08 Å². The van der Waals surface area contributed by atoms with Gasteiger partial charge in [0.05, 0.1) is 18.1 Å². The average molecular weight is 346 g/mol. The maximum atomic E-state index is 12.2. The third-order valence-corrected chi connectivity index (χ3v) is 4.91. The number of rotatable bonds is 5. The molecule has 1 amide bonds. The Morgan fingerprint density at radius 1 is 1.21 bits per heavy atom. The highest BCUT2D eigenvalue weighted by Crippen LogP contribution is 2.34. The first-order valence-electron chi connectivity index (χ1n) is 8.38. The van der Waals surface area contributed by atoms with Crippen molar-refractivity contribution in [1.82, 2.24) is 4.90 Å². The van der Waals surface area contributed by atoms with E-state index in [9.17, 15) is 4.79 Å². The van der Waals surface area contributed by atoms with Gasteiger partial charge in [0.1, 0.15) is 11.5 Å². The van der Waals surface area contributed by atoms with Crippen molar-refractivity contribution in [2.75, 3.05) is 26.3 Å². The van der Waals surface area contributed by atoms with Gasteiger partial charge >= 0.3 is 0 Å². The van der Waals surface area contributed by atoms with Gasteiger partial charge in [0.15, 0.2) is 5.17 Å². The molecule has 0 bridgehead atoms. The molecule has 0 aliphatic carbocycles. The highest BCUT2D eigenvalue weighted by atomic mass is 32.2. The lowest BCUT2D eigenvalue weighted by Gasteiger charge is -2.14. The number of aliphatic imine (C=N–C) groups is 1. The van der Waals surface area contributed by atoms with Crippen LogP contribution in [0.5, 0.6) is 11.5 Å². The van der Waals surface area contributed by atoms with Crippen LogP contribution in [-0.4, -0.2) is 42.3 Å². The van der Waals surface area contributed by atoms with E-state index in [0.717, 1.165) is 35.3 Å². The molecule has 6 heteroatoms. The van der Waals surface area contributed by atoms with Crippen LogP contribution in [0, 0.1) is 0 Å². The number of carbonyl (C=O) groups excluding carboxylic acids is 1. The summed E-state index contributed by atoms with van der Waals surface area (Å²) in [4.78, 5) is 19.2. The first kappa shape index (κ1) is 16.9. The Kier molecular flexibility index (Phi) is 5.45. The molecular formula is C18H22N2O3S. The largest absolute Gasteiger partial charge is 0.494 e. The van der Waals surface area contributed by atoms with E-state index in [1.807, 2.05) is 38.1 Å². The molecular weight excluding hydrogens is 324 g/mol. The number of hydrogen-bond acceptors (Lipinski definition) is 5. The van der Waals surface area contributed by atoms with Gasteiger partial charge in [-0.2, -0.15) is 4.99 Å². The Labute approximate surface area is 146 Å². The number of ether oxygens (including phenoxy) is 2. The molecule has 2 heterocycles. The zero-order chi connectivity index (χ0) is 16.9. The number of benzene rings is 1. The van der Waals surface area contributed by atoms with Gasteiger partial charge < -0.3 is 14.4 Å². The molecule has 0 unspecified atom stereocenters. The van der Waals surface area contributed by atoms with Crippen molar-refractivity contribution in [2.24, 2.45) is 4.99 Å². The number of carbonyl (C=O) groups is 1. The van der Waals surface area contributed by atoms with Crippen LogP contribution < -0.4 is 9.47 Å². The van der Waals surface area contributed by atoms with Crippen molar-refractivity contribution < 1.29 is 14.3 Å². The van der Waals surface area contributed by atoms with Gasteiger partial charge in [-0.3, -0.25) is 4.79 Å². The molecule has 2 aliphatic heterocycles. The van der Waals surface area contributed by atoms with Crippen LogP contribution in [0.15, 0.2) is 28.1 Å². The summed E-state index contributed by atoms with van der Waals surface area (Å²) in [6, 6.07) is 5.68. The van der Waals surface area contributed by atoms with E-state index in [0.29, 0.717) is 18.1 Å². The summed E-state index contributed by atoms with van der Waals surface area (Å²) >= 11 is 1.45. The summed E-state index contributed by atoms with van der Waals surface area (Å²) in [5.74, 6) is 1.32. The molecule has 0 atom stereocenters. The maximum Gasteiger partial charge on any atom is 0.286 e. The Morgan fingerprint density at radius 3 is 2.67 bits per heavy atom. The third kappa shape index (κ3) is 3.75. The predicted octanol–water partition coefficient (Wildman–Crippen LogP) is 3.55. The van der Waals surface area contributed by atoms with Crippen molar-refractivity contribution in [3.63, 3.8) is 0 Å². The molecule has 0 spiro atoms. The number of amides is 1. The summed E-state index contributed by atoms with van der Waals surface area (Å²) in [5, 5.41) is 0.827. The summed E-state index contributed by atoms with van der Waals surface area (Å²) in [6.07, 6.45) is 4.20. The number of thioether (sulfide) groups is 1. The lowest BCUT2D eigenvalue weighted by atomic mass is 10.1. The minimum absolute atomic E-state index is 0.168. The van der Waals surface area contributed by atoms with E-state index in [1.165, 1.54) is 24.6 Å². The molecule has 128 valence electrons. The van der Waals surface area contributed by atoms with Gasteiger partial charge in [0.2, 0.25) is 0 Å². The first-order valence-corrected chi connectivity index (χ1v) is 9.20. The summed E-state index contributed by atoms with van der Waals surface area (Å²) in [5.41, 5.74) is 0.869. The van der Waals surface area contributed by atoms with E-state index >= 15 is 0 Å². The van der Waals surface area contributed by atoms with Gasteiger partial charge in [-0.1, -0.05) is 0 Å². The fourth-order valence-electron chi connectivity index (χ4n) is 2.75. The van der Waals surface area contributed by atoms with E-state index < -0.39 is 0 Å². The number of likely N-dealkylation sites (tertiary alicyclic amines) is 1. The van der Waals surface area contributed by atoms with Crippen LogP contribution in [0.3, 0.4) is 0 Å². The minimum Gasteiger partial charge on any atom is -0.494 e. The lowest BCUT2D eigenvalue weighted by molar-refractivity contribution is -0.113. The van der Waals surface area contributed by atoms with Crippen molar-refractivity contribution >= 4 is 28.9 Å². The normalized spacial score (nSPS) is 19.1. The van der Waals surface area contributed by atoms with Crippen LogP contribution in [0.2, 0.25) is 0 Å². The molecule has 0 saturated carbocycles. The van der Waals surface area contributed by atoms with Crippen LogP contribution >= 0.6 is 11.8 Å². The molecule has 0 radical (unpaired) electrons. The second-order valence-electron chi connectivity index (χ2n) is 5.57. The van der Waals surface area contributed by atoms with E-state index in [-0.39, 0.29) is 5.91 Å². The summed E-state index contributed by atoms with van der Waals surface area (Å²) < 4.78 is 11.2. The summed E-state index contributed by atoms with van der Waals surface area (Å²) in [7, 11) is 0. The van der Waals surface area contributed by atoms with Gasteiger partial charge in [-0.25, -0.2) is 0 Å². The van der Waals surface area contributed by atoms with E-state index in [1.54, 1.807) is 0 Å². The topological polar surface area (TPSA) is 51.1 Å². The van der Waals surface area contributed by atoms with Crippen molar-refractivity contribution in [1.29, 1.82) is 0 Å². The molecule has 24 heavy (non-hydrogen) atoms. The Bertz CT molecular complexity index is 679. The molecule has 0 aromatic heterocycles. The Morgan fingerprint density at radius 2 is 1.96 bits per heavy atom. The SMILES string of the molecule is CCOc1ccc(/C=C2\SC(N3CCCC3)=NC2=O)c(OCC)c1. The van der Waals surface area contributed by atoms with Crippen molar-refractivity contribution in [3.05, 3.63) is 28.7 Å². The van der Waals surface area contributed by atoms with Crippen LogP contribution in [-0.2, 0) is 4.79 Å². The zero-order valence-electron chi connectivity index (χ0n) is 14.1. The minimum atomic E-state index is -0.168. The summed E-state index contributed by atoms with van der Waals surface area (Å²) in [6.45, 7) is 7.02. The van der Waals surface area contributed by atoms with Gasteiger partial charge in [0.25, 0.3) is 5.91 Å². The molecule has 3 rings (SSSR count). The van der Waals surface area contributed by atoms with Crippen molar-refractivity contribution in [2.45, 2.75) is 26.7 Å². The molecule has 1 aromatic carbocycles. The Balaban J connectivity index is 1.81. The fourth-order valence-corrected chi connectivity index (χ4v) is 3.71. The Hall–Kier alpha value is -1.95. The molecule has 1 saturated heterocycles. The van der Waals surface area contributed by atoms with Gasteiger partial charge in [-0.15, -0.1) is 0 Å². The predicted molar refractivity (Wildman–Crippen MR) is 97.6 cm³/mol. The van der Waals surface area contributed by atoms with Gasteiger partial charge in [-0.05, 0) is 56.7 Å². The molecule has 0 N–H and O–H groups in total. The molecule has 1 aromatic rings. The number of nitrogens with zero attached hydrogens (tertiary/aromatic N) is 2. The fraction of sp³-hybridized carbons (Fsp3) is 0.444. The van der Waals surface area contributed by atoms with Crippen LogP contribution in [0.4, 0.5) is 0 Å². The first-order chi connectivity index (χ1) is 11.7. The third-order valence-electron chi connectivity index (χ3n) is 3.87. The maximum absolute atomic E-state index is 12.2. The molecule has 5 nitrogen and oxygen atoms in total. The van der Waals surface area contributed by atoms with Crippen molar-refractivity contribution in [3.8, 4) is 11.5 Å². The monoisotopic (exact) mass is 346 g/mol.